The molecule has 2 aliphatic rings. The number of likely N-dealkylation sites (tertiary alicyclic amines) is 1. The fourth-order valence-corrected chi connectivity index (χ4v) is 3.67. The molecule has 0 N–H and O–H groups in total. The van der Waals surface area contributed by atoms with Gasteiger partial charge in [-0.25, -0.2) is 0 Å². The maximum Gasteiger partial charge on any atom is 0.243 e. The molecular formula is C16H26N2O. The number of piperidine rings is 1. The van der Waals surface area contributed by atoms with Crippen LogP contribution in [0, 0.1) is 16.7 Å². The zero-order chi connectivity index (χ0) is 13.7. The Morgan fingerprint density at radius 3 is 2.47 bits per heavy atom. The summed E-state index contributed by atoms with van der Waals surface area (Å²) >= 11 is 0. The molecule has 1 aliphatic heterocycles. The molecule has 0 aromatic heterocycles. The first kappa shape index (κ1) is 14.4. The molecule has 0 radical (unpaired) electrons. The Morgan fingerprint density at radius 2 is 1.89 bits per heavy atom. The summed E-state index contributed by atoms with van der Waals surface area (Å²) in [5, 5.41) is 9.63. The molecule has 1 saturated heterocycles. The Kier molecular flexibility index (Phi) is 4.85. The molecule has 1 saturated carbocycles. The summed E-state index contributed by atoms with van der Waals surface area (Å²) in [5.41, 5.74) is -0.707. The average Bonchev–Trinajstić information content (AvgIpc) is 2.72. The molecule has 1 atom stereocenters. The van der Waals surface area contributed by atoms with Gasteiger partial charge in [-0.15, -0.1) is 0 Å². The number of hydrogen-bond donors (Lipinski definition) is 0. The zero-order valence-electron chi connectivity index (χ0n) is 12.2. The third-order valence-electron chi connectivity index (χ3n) is 4.94. The van der Waals surface area contributed by atoms with E-state index in [9.17, 15) is 10.1 Å². The summed E-state index contributed by atoms with van der Waals surface area (Å²) in [6, 6.07) is 2.78. The van der Waals surface area contributed by atoms with Gasteiger partial charge in [0.1, 0.15) is 5.41 Å². The van der Waals surface area contributed by atoms with E-state index in [-0.39, 0.29) is 5.91 Å². The highest BCUT2D eigenvalue weighted by Gasteiger charge is 2.43. The van der Waals surface area contributed by atoms with Crippen LogP contribution in [-0.4, -0.2) is 23.4 Å². The number of nitriles is 1. The predicted molar refractivity (Wildman–Crippen MR) is 75.4 cm³/mol. The van der Waals surface area contributed by atoms with Gasteiger partial charge in [0, 0.05) is 12.6 Å². The van der Waals surface area contributed by atoms with Crippen LogP contribution in [0.3, 0.4) is 0 Å². The van der Waals surface area contributed by atoms with Crippen LogP contribution >= 0.6 is 0 Å². The largest absolute Gasteiger partial charge is 0.338 e. The fourth-order valence-electron chi connectivity index (χ4n) is 3.67. The van der Waals surface area contributed by atoms with E-state index in [0.29, 0.717) is 6.04 Å². The Morgan fingerprint density at radius 1 is 1.21 bits per heavy atom. The third-order valence-corrected chi connectivity index (χ3v) is 4.94. The predicted octanol–water partition coefficient (Wildman–Crippen LogP) is 3.64. The highest BCUT2D eigenvalue weighted by atomic mass is 16.2. The second-order valence-corrected chi connectivity index (χ2v) is 6.16. The minimum Gasteiger partial charge on any atom is -0.338 e. The summed E-state index contributed by atoms with van der Waals surface area (Å²) in [4.78, 5) is 15.0. The summed E-state index contributed by atoms with van der Waals surface area (Å²) in [6.45, 7) is 3.02. The minimum absolute atomic E-state index is 0.142. The number of carbonyl (C=O) groups excluding carboxylic acids is 1. The Hall–Kier alpha value is -1.04. The lowest BCUT2D eigenvalue weighted by Crippen LogP contribution is -2.50. The number of nitrogens with zero attached hydrogens (tertiary/aromatic N) is 2. The van der Waals surface area contributed by atoms with Crippen LogP contribution in [0.2, 0.25) is 0 Å². The Balaban J connectivity index is 2.17. The molecule has 2 rings (SSSR count). The van der Waals surface area contributed by atoms with E-state index in [2.05, 4.69) is 13.0 Å². The average molecular weight is 262 g/mol. The van der Waals surface area contributed by atoms with Crippen molar-refractivity contribution in [2.24, 2.45) is 5.41 Å². The molecule has 106 valence electrons. The molecule has 1 aliphatic carbocycles. The van der Waals surface area contributed by atoms with Gasteiger partial charge in [0.2, 0.25) is 5.91 Å². The first-order valence-corrected chi connectivity index (χ1v) is 7.96. The van der Waals surface area contributed by atoms with Crippen LogP contribution in [0.15, 0.2) is 0 Å². The standard InChI is InChI=1S/C16H26N2O/c1-2-14-9-5-8-12-18(14)15(19)16(13-17)10-6-3-4-7-11-16/h14H,2-12H2,1H3. The van der Waals surface area contributed by atoms with Gasteiger partial charge in [0.05, 0.1) is 6.07 Å². The van der Waals surface area contributed by atoms with Gasteiger partial charge >= 0.3 is 0 Å². The maximum absolute atomic E-state index is 12.9. The second-order valence-electron chi connectivity index (χ2n) is 6.16. The van der Waals surface area contributed by atoms with Crippen molar-refractivity contribution in [2.75, 3.05) is 6.54 Å². The molecule has 2 fully saturated rings. The number of hydrogen-bond acceptors (Lipinski definition) is 2. The summed E-state index contributed by atoms with van der Waals surface area (Å²) < 4.78 is 0. The lowest BCUT2D eigenvalue weighted by molar-refractivity contribution is -0.143. The van der Waals surface area contributed by atoms with Gasteiger partial charge in [0.25, 0.3) is 0 Å². The molecule has 0 aromatic carbocycles. The third kappa shape index (κ3) is 2.94. The van der Waals surface area contributed by atoms with Crippen molar-refractivity contribution in [3.63, 3.8) is 0 Å². The molecular weight excluding hydrogens is 236 g/mol. The van der Waals surface area contributed by atoms with Crippen molar-refractivity contribution in [2.45, 2.75) is 77.2 Å². The molecule has 0 aromatic rings. The molecule has 3 heteroatoms. The van der Waals surface area contributed by atoms with Crippen LogP contribution in [0.5, 0.6) is 0 Å². The maximum atomic E-state index is 12.9. The van der Waals surface area contributed by atoms with E-state index in [1.165, 1.54) is 19.3 Å². The topological polar surface area (TPSA) is 44.1 Å². The van der Waals surface area contributed by atoms with Crippen molar-refractivity contribution < 1.29 is 4.79 Å². The molecule has 0 bridgehead atoms. The van der Waals surface area contributed by atoms with Crippen LogP contribution in [0.25, 0.3) is 0 Å². The van der Waals surface area contributed by atoms with Crippen molar-refractivity contribution in [3.05, 3.63) is 0 Å². The minimum atomic E-state index is -0.707. The smallest absolute Gasteiger partial charge is 0.243 e. The molecule has 1 amide bonds. The SMILES string of the molecule is CCC1CCCCN1C(=O)C1(C#N)CCCCCC1. The fraction of sp³-hybridized carbons (Fsp3) is 0.875. The van der Waals surface area contributed by atoms with Gasteiger partial charge in [-0.1, -0.05) is 32.6 Å². The normalized spacial score (nSPS) is 27.4. The van der Waals surface area contributed by atoms with Crippen LogP contribution in [-0.2, 0) is 4.79 Å². The van der Waals surface area contributed by atoms with Crippen molar-refractivity contribution in [3.8, 4) is 6.07 Å². The van der Waals surface area contributed by atoms with Gasteiger partial charge in [-0.05, 0) is 38.5 Å². The Bertz CT molecular complexity index is 350. The van der Waals surface area contributed by atoms with Crippen molar-refractivity contribution >= 4 is 5.91 Å². The van der Waals surface area contributed by atoms with E-state index in [1.807, 2.05) is 4.90 Å². The first-order chi connectivity index (χ1) is 9.23. The first-order valence-electron chi connectivity index (χ1n) is 7.96. The number of carbonyl (C=O) groups is 1. The molecule has 19 heavy (non-hydrogen) atoms. The molecule has 1 unspecified atom stereocenters. The van der Waals surface area contributed by atoms with Gasteiger partial charge in [-0.3, -0.25) is 4.79 Å². The van der Waals surface area contributed by atoms with Crippen LogP contribution < -0.4 is 0 Å². The highest BCUT2D eigenvalue weighted by molar-refractivity contribution is 5.86. The van der Waals surface area contributed by atoms with E-state index < -0.39 is 5.41 Å². The lowest BCUT2D eigenvalue weighted by Gasteiger charge is -2.40. The van der Waals surface area contributed by atoms with Gasteiger partial charge in [-0.2, -0.15) is 5.26 Å². The second kappa shape index (κ2) is 6.41. The highest BCUT2D eigenvalue weighted by Crippen LogP contribution is 2.38. The van der Waals surface area contributed by atoms with E-state index in [1.54, 1.807) is 0 Å². The van der Waals surface area contributed by atoms with E-state index in [0.717, 1.165) is 51.5 Å². The van der Waals surface area contributed by atoms with Crippen molar-refractivity contribution in [1.29, 1.82) is 5.26 Å². The Labute approximate surface area is 117 Å². The van der Waals surface area contributed by atoms with E-state index >= 15 is 0 Å². The lowest BCUT2D eigenvalue weighted by atomic mass is 9.79. The van der Waals surface area contributed by atoms with Crippen LogP contribution in [0.1, 0.15) is 71.1 Å². The van der Waals surface area contributed by atoms with Gasteiger partial charge < -0.3 is 4.90 Å². The van der Waals surface area contributed by atoms with Crippen LogP contribution in [0.4, 0.5) is 0 Å². The molecule has 0 spiro atoms. The zero-order valence-corrected chi connectivity index (χ0v) is 12.2. The van der Waals surface area contributed by atoms with E-state index in [4.69, 9.17) is 0 Å². The summed E-state index contributed by atoms with van der Waals surface area (Å²) in [7, 11) is 0. The number of amides is 1. The molecule has 1 heterocycles. The van der Waals surface area contributed by atoms with Crippen molar-refractivity contribution in [1.82, 2.24) is 4.90 Å². The van der Waals surface area contributed by atoms with Gasteiger partial charge in [0.15, 0.2) is 0 Å². The summed E-state index contributed by atoms with van der Waals surface area (Å²) in [6.07, 6.45) is 10.4. The summed E-state index contributed by atoms with van der Waals surface area (Å²) in [5.74, 6) is 0.142. The quantitative estimate of drug-likeness (QED) is 0.713. The molecule has 3 nitrogen and oxygen atoms in total. The number of rotatable bonds is 2. The monoisotopic (exact) mass is 262 g/mol.